The molecule has 5 aromatic rings. The normalized spacial score (nSPS) is 11.1. The van der Waals surface area contributed by atoms with Gasteiger partial charge in [0.15, 0.2) is 0 Å². The molecule has 0 saturated carbocycles. The van der Waals surface area contributed by atoms with Crippen molar-refractivity contribution in [3.8, 4) is 10.9 Å². The van der Waals surface area contributed by atoms with E-state index in [1.807, 2.05) is 73.7 Å². The highest BCUT2D eigenvalue weighted by Crippen LogP contribution is 2.30. The summed E-state index contributed by atoms with van der Waals surface area (Å²) in [6.07, 6.45) is 0. The van der Waals surface area contributed by atoms with Crippen LogP contribution in [0.5, 0.6) is 5.75 Å². The van der Waals surface area contributed by atoms with Crippen molar-refractivity contribution in [3.05, 3.63) is 78.0 Å². The van der Waals surface area contributed by atoms with E-state index in [1.54, 1.807) is 11.8 Å². The zero-order chi connectivity index (χ0) is 20.7. The van der Waals surface area contributed by atoms with E-state index in [0.29, 0.717) is 16.5 Å². The molecule has 0 aliphatic rings. The van der Waals surface area contributed by atoms with Gasteiger partial charge in [-0.05, 0) is 48.0 Å². The number of carbonyl (C=O) groups is 1. The first kappa shape index (κ1) is 18.3. The van der Waals surface area contributed by atoms with E-state index in [4.69, 9.17) is 4.74 Å². The first-order chi connectivity index (χ1) is 14.6. The maximum Gasteiger partial charge on any atom is 0.256 e. The molecule has 0 saturated heterocycles. The number of aryl methyl sites for hydroxylation is 1. The number of ether oxygens (including phenoxy) is 1. The summed E-state index contributed by atoms with van der Waals surface area (Å²) in [4.78, 5) is 17.6. The zero-order valence-corrected chi connectivity index (χ0v) is 17.2. The van der Waals surface area contributed by atoms with Crippen LogP contribution in [0.3, 0.4) is 0 Å². The molecule has 0 unspecified atom stereocenters. The Balaban J connectivity index is 1.49. The van der Waals surface area contributed by atoms with Crippen molar-refractivity contribution in [1.82, 2.24) is 14.8 Å². The van der Waals surface area contributed by atoms with Gasteiger partial charge >= 0.3 is 0 Å². The average Bonchev–Trinajstić information content (AvgIpc) is 3.35. The Labute approximate surface area is 176 Å². The number of aromatic nitrogens is 3. The maximum atomic E-state index is 12.9. The Morgan fingerprint density at radius 1 is 1.03 bits per heavy atom. The lowest BCUT2D eigenvalue weighted by atomic mass is 10.1. The van der Waals surface area contributed by atoms with E-state index in [0.717, 1.165) is 32.4 Å². The van der Waals surface area contributed by atoms with Gasteiger partial charge in [-0.1, -0.05) is 41.7 Å². The van der Waals surface area contributed by atoms with E-state index in [2.05, 4.69) is 15.4 Å². The van der Waals surface area contributed by atoms with Crippen molar-refractivity contribution < 1.29 is 9.53 Å². The molecule has 5 rings (SSSR count). The second-order valence-electron chi connectivity index (χ2n) is 6.93. The quantitative estimate of drug-likeness (QED) is 0.439. The number of fused-ring (bicyclic) bond motifs is 2. The van der Waals surface area contributed by atoms with Crippen LogP contribution in [-0.4, -0.2) is 27.8 Å². The Morgan fingerprint density at radius 3 is 2.70 bits per heavy atom. The molecule has 30 heavy (non-hydrogen) atoms. The third-order valence-corrected chi connectivity index (χ3v) is 5.84. The molecule has 0 spiro atoms. The molecule has 0 bridgehead atoms. The highest BCUT2D eigenvalue weighted by atomic mass is 32.1. The standard InChI is InChI=1S/C23H18N4O2S/c1-14-11-21(25-22(28)17-8-7-15-5-3-4-6-16(15)12-17)27(26-14)23-24-19-10-9-18(29-2)13-20(19)30-23/h3-13H,1-2H3,(H,25,28). The van der Waals surface area contributed by atoms with Gasteiger partial charge in [-0.15, -0.1) is 0 Å². The fourth-order valence-electron chi connectivity index (χ4n) is 3.36. The van der Waals surface area contributed by atoms with Gasteiger partial charge in [0, 0.05) is 11.6 Å². The Kier molecular flexibility index (Phi) is 4.44. The van der Waals surface area contributed by atoms with Gasteiger partial charge in [-0.2, -0.15) is 9.78 Å². The Bertz CT molecular complexity index is 1400. The second-order valence-corrected chi connectivity index (χ2v) is 7.94. The van der Waals surface area contributed by atoms with Crippen LogP contribution in [0, 0.1) is 6.92 Å². The lowest BCUT2D eigenvalue weighted by molar-refractivity contribution is 0.102. The van der Waals surface area contributed by atoms with Crippen LogP contribution >= 0.6 is 11.3 Å². The minimum atomic E-state index is -0.190. The molecule has 7 heteroatoms. The highest BCUT2D eigenvalue weighted by Gasteiger charge is 2.16. The number of methoxy groups -OCH3 is 1. The van der Waals surface area contributed by atoms with Crippen molar-refractivity contribution in [2.24, 2.45) is 0 Å². The average molecular weight is 414 g/mol. The number of benzene rings is 3. The summed E-state index contributed by atoms with van der Waals surface area (Å²) in [5.41, 5.74) is 2.24. The number of amides is 1. The minimum Gasteiger partial charge on any atom is -0.497 e. The molecule has 1 amide bonds. The number of thiazole rings is 1. The summed E-state index contributed by atoms with van der Waals surface area (Å²) in [5, 5.41) is 10.3. The number of nitrogens with one attached hydrogen (secondary N) is 1. The molecule has 0 atom stereocenters. The van der Waals surface area contributed by atoms with Crippen LogP contribution in [0.2, 0.25) is 0 Å². The number of carbonyl (C=O) groups excluding carboxylic acids is 1. The van der Waals surface area contributed by atoms with E-state index in [9.17, 15) is 4.79 Å². The predicted octanol–water partition coefficient (Wildman–Crippen LogP) is 5.20. The van der Waals surface area contributed by atoms with Crippen molar-refractivity contribution in [2.75, 3.05) is 12.4 Å². The second kappa shape index (κ2) is 7.27. The van der Waals surface area contributed by atoms with Crippen LogP contribution < -0.4 is 10.1 Å². The number of anilines is 1. The summed E-state index contributed by atoms with van der Waals surface area (Å²) < 4.78 is 7.96. The van der Waals surface area contributed by atoms with Crippen LogP contribution in [0.1, 0.15) is 16.1 Å². The van der Waals surface area contributed by atoms with Crippen LogP contribution in [-0.2, 0) is 0 Å². The van der Waals surface area contributed by atoms with Crippen molar-refractivity contribution in [2.45, 2.75) is 6.92 Å². The molecular weight excluding hydrogens is 396 g/mol. The lowest BCUT2D eigenvalue weighted by Gasteiger charge is -2.07. The van der Waals surface area contributed by atoms with Gasteiger partial charge in [0.1, 0.15) is 11.6 Å². The van der Waals surface area contributed by atoms with Crippen LogP contribution in [0.25, 0.3) is 26.1 Å². The molecule has 148 valence electrons. The van der Waals surface area contributed by atoms with Crippen LogP contribution in [0.15, 0.2) is 66.7 Å². The lowest BCUT2D eigenvalue weighted by Crippen LogP contribution is -2.15. The third-order valence-electron chi connectivity index (χ3n) is 4.85. The van der Waals surface area contributed by atoms with Gasteiger partial charge in [-0.3, -0.25) is 4.79 Å². The van der Waals surface area contributed by atoms with Gasteiger partial charge in [0.05, 0.1) is 23.0 Å². The van der Waals surface area contributed by atoms with E-state index in [1.165, 1.54) is 11.3 Å². The third kappa shape index (κ3) is 3.29. The first-order valence-electron chi connectivity index (χ1n) is 9.42. The van der Waals surface area contributed by atoms with E-state index in [-0.39, 0.29) is 5.91 Å². The molecule has 0 aliphatic carbocycles. The highest BCUT2D eigenvalue weighted by molar-refractivity contribution is 7.20. The first-order valence-corrected chi connectivity index (χ1v) is 10.2. The number of hydrogen-bond acceptors (Lipinski definition) is 5. The largest absolute Gasteiger partial charge is 0.497 e. The van der Waals surface area contributed by atoms with Gasteiger partial charge in [0.2, 0.25) is 5.13 Å². The summed E-state index contributed by atoms with van der Waals surface area (Å²) in [6.45, 7) is 1.89. The van der Waals surface area contributed by atoms with Gasteiger partial charge < -0.3 is 10.1 Å². The summed E-state index contributed by atoms with van der Waals surface area (Å²) in [7, 11) is 1.64. The molecule has 6 nitrogen and oxygen atoms in total. The van der Waals surface area contributed by atoms with Crippen molar-refractivity contribution in [3.63, 3.8) is 0 Å². The Hall–Kier alpha value is -3.71. The molecule has 0 radical (unpaired) electrons. The summed E-state index contributed by atoms with van der Waals surface area (Å²) in [5.74, 6) is 1.17. The fraction of sp³-hybridized carbons (Fsp3) is 0.0870. The van der Waals surface area contributed by atoms with Crippen LogP contribution in [0.4, 0.5) is 5.82 Å². The van der Waals surface area contributed by atoms with E-state index < -0.39 is 0 Å². The molecule has 2 heterocycles. The summed E-state index contributed by atoms with van der Waals surface area (Å²) in [6, 6.07) is 21.2. The summed E-state index contributed by atoms with van der Waals surface area (Å²) >= 11 is 1.49. The zero-order valence-electron chi connectivity index (χ0n) is 16.4. The van der Waals surface area contributed by atoms with Crippen molar-refractivity contribution >= 4 is 44.1 Å². The molecular formula is C23H18N4O2S. The molecule has 0 fully saturated rings. The fourth-order valence-corrected chi connectivity index (χ4v) is 4.32. The minimum absolute atomic E-state index is 0.190. The molecule has 0 aliphatic heterocycles. The molecule has 2 aromatic heterocycles. The van der Waals surface area contributed by atoms with Gasteiger partial charge in [0.25, 0.3) is 5.91 Å². The number of hydrogen-bond donors (Lipinski definition) is 1. The Morgan fingerprint density at radius 2 is 1.87 bits per heavy atom. The maximum absolute atomic E-state index is 12.9. The van der Waals surface area contributed by atoms with Crippen molar-refractivity contribution in [1.29, 1.82) is 0 Å². The molecule has 3 aromatic carbocycles. The van der Waals surface area contributed by atoms with Gasteiger partial charge in [-0.25, -0.2) is 4.98 Å². The topological polar surface area (TPSA) is 69.0 Å². The number of nitrogens with zero attached hydrogens (tertiary/aromatic N) is 3. The number of rotatable bonds is 4. The van der Waals surface area contributed by atoms with E-state index >= 15 is 0 Å². The smallest absolute Gasteiger partial charge is 0.256 e. The molecule has 1 N–H and O–H groups in total. The predicted molar refractivity (Wildman–Crippen MR) is 120 cm³/mol. The SMILES string of the molecule is COc1ccc2nc(-n3nc(C)cc3NC(=O)c3ccc4ccccc4c3)sc2c1. The monoisotopic (exact) mass is 414 g/mol.